The Morgan fingerprint density at radius 3 is 2.82 bits per heavy atom. The Morgan fingerprint density at radius 2 is 2.07 bits per heavy atom. The first kappa shape index (κ1) is 18.3. The Balaban J connectivity index is 1.63. The van der Waals surface area contributed by atoms with Gasteiger partial charge in [0.05, 0.1) is 11.3 Å². The van der Waals surface area contributed by atoms with E-state index in [0.717, 1.165) is 42.9 Å². The zero-order chi connectivity index (χ0) is 19.9. The van der Waals surface area contributed by atoms with Gasteiger partial charge in [-0.15, -0.1) is 0 Å². The summed E-state index contributed by atoms with van der Waals surface area (Å²) in [5.41, 5.74) is 8.79. The van der Waals surface area contributed by atoms with Gasteiger partial charge < -0.3 is 21.3 Å². The lowest BCUT2D eigenvalue weighted by molar-refractivity contribution is 0.0963. The number of carbonyl (C=O) groups is 2. The summed E-state index contributed by atoms with van der Waals surface area (Å²) in [6, 6.07) is 3.78. The number of likely N-dealkylation sites (tertiary alicyclic amines) is 1. The molecule has 4 heterocycles. The molecule has 0 bridgehead atoms. The quantitative estimate of drug-likeness (QED) is 0.730. The molecule has 28 heavy (non-hydrogen) atoms. The number of carbonyl (C=O) groups excluding carboxylic acids is 2. The van der Waals surface area contributed by atoms with Crippen LogP contribution in [0.4, 0.5) is 10.6 Å². The summed E-state index contributed by atoms with van der Waals surface area (Å²) >= 11 is 0. The second kappa shape index (κ2) is 6.81. The van der Waals surface area contributed by atoms with E-state index < -0.39 is 0 Å². The Hall–Kier alpha value is -3.10. The Morgan fingerprint density at radius 1 is 1.29 bits per heavy atom. The number of nitrogen functional groups attached to an aromatic ring is 1. The average molecular weight is 383 g/mol. The summed E-state index contributed by atoms with van der Waals surface area (Å²) in [7, 11) is 1.56. The van der Waals surface area contributed by atoms with Crippen molar-refractivity contribution in [2.45, 2.75) is 31.7 Å². The summed E-state index contributed by atoms with van der Waals surface area (Å²) < 4.78 is 2.02. The molecule has 4 N–H and O–H groups in total. The molecule has 9 nitrogen and oxygen atoms in total. The molecule has 2 aliphatic rings. The molecule has 4 rings (SSSR count). The molecule has 0 unspecified atom stereocenters. The molecule has 0 saturated carbocycles. The van der Waals surface area contributed by atoms with Crippen LogP contribution in [0.2, 0.25) is 0 Å². The van der Waals surface area contributed by atoms with E-state index >= 15 is 0 Å². The van der Waals surface area contributed by atoms with Gasteiger partial charge in [0.25, 0.3) is 5.91 Å². The lowest BCUT2D eigenvalue weighted by atomic mass is 9.82. The van der Waals surface area contributed by atoms with Crippen molar-refractivity contribution in [1.29, 1.82) is 0 Å². The van der Waals surface area contributed by atoms with E-state index in [4.69, 9.17) is 10.8 Å². The number of nitrogens with one attached hydrogen (secondary N) is 2. The van der Waals surface area contributed by atoms with Crippen molar-refractivity contribution in [3.63, 3.8) is 0 Å². The van der Waals surface area contributed by atoms with Crippen molar-refractivity contribution >= 4 is 17.8 Å². The van der Waals surface area contributed by atoms with Crippen molar-refractivity contribution < 1.29 is 9.59 Å². The highest BCUT2D eigenvalue weighted by Gasteiger charge is 2.46. The molecule has 2 aromatic rings. The smallest absolute Gasteiger partial charge is 0.317 e. The van der Waals surface area contributed by atoms with E-state index in [1.54, 1.807) is 19.3 Å². The first-order valence-electron chi connectivity index (χ1n) is 9.56. The molecular weight excluding hydrogens is 358 g/mol. The molecule has 148 valence electrons. The lowest BCUT2D eigenvalue weighted by Gasteiger charge is -2.23. The monoisotopic (exact) mass is 383 g/mol. The molecule has 1 atom stereocenters. The number of pyridine rings is 1. The zero-order valence-electron chi connectivity index (χ0n) is 16.2. The minimum Gasteiger partial charge on any atom is -0.383 e. The molecule has 3 amide bonds. The lowest BCUT2D eigenvalue weighted by Crippen LogP contribution is -2.40. The Bertz CT molecular complexity index is 938. The number of rotatable bonds is 3. The van der Waals surface area contributed by atoms with E-state index in [9.17, 15) is 9.59 Å². The van der Waals surface area contributed by atoms with E-state index in [1.807, 2.05) is 16.5 Å². The van der Waals surface area contributed by atoms with Crippen LogP contribution in [-0.2, 0) is 12.0 Å². The minimum absolute atomic E-state index is 0.00415. The van der Waals surface area contributed by atoms with Crippen LogP contribution in [0.1, 0.15) is 35.8 Å². The second-order valence-electron chi connectivity index (χ2n) is 7.41. The van der Waals surface area contributed by atoms with Crippen LogP contribution in [0.3, 0.4) is 0 Å². The molecule has 2 aliphatic heterocycles. The van der Waals surface area contributed by atoms with Crippen molar-refractivity contribution in [3.8, 4) is 11.3 Å². The maximum absolute atomic E-state index is 12.2. The van der Waals surface area contributed by atoms with Gasteiger partial charge in [-0.3, -0.25) is 9.48 Å². The molecule has 1 saturated heterocycles. The number of amides is 3. The van der Waals surface area contributed by atoms with Gasteiger partial charge in [0.2, 0.25) is 0 Å². The van der Waals surface area contributed by atoms with Gasteiger partial charge in [0.15, 0.2) is 0 Å². The van der Waals surface area contributed by atoms with Crippen molar-refractivity contribution in [2.24, 2.45) is 0 Å². The van der Waals surface area contributed by atoms with Gasteiger partial charge in [-0.2, -0.15) is 5.10 Å². The number of anilines is 1. The first-order chi connectivity index (χ1) is 13.5. The summed E-state index contributed by atoms with van der Waals surface area (Å²) in [6.07, 6.45) is 3.55. The number of aromatic nitrogens is 3. The topological polar surface area (TPSA) is 118 Å². The highest BCUT2D eigenvalue weighted by molar-refractivity contribution is 5.99. The number of hydrogen-bond donors (Lipinski definition) is 3. The maximum Gasteiger partial charge on any atom is 0.317 e. The van der Waals surface area contributed by atoms with Gasteiger partial charge in [0.1, 0.15) is 5.82 Å². The number of fused-ring (bicyclic) bond motifs is 2. The van der Waals surface area contributed by atoms with Crippen LogP contribution in [-0.4, -0.2) is 58.3 Å². The molecule has 1 spiro atoms. The van der Waals surface area contributed by atoms with Crippen LogP contribution < -0.4 is 16.4 Å². The fourth-order valence-electron chi connectivity index (χ4n) is 4.26. The SMILES string of the molecule is CCNC(=O)N1CC[C@@]2(CCn3nc(-c4cnc(N)c(C(=O)NC)c4)cc32)C1. The van der Waals surface area contributed by atoms with Crippen molar-refractivity contribution in [2.75, 3.05) is 32.4 Å². The van der Waals surface area contributed by atoms with Crippen molar-refractivity contribution in [3.05, 3.63) is 29.6 Å². The largest absolute Gasteiger partial charge is 0.383 e. The third-order valence-electron chi connectivity index (χ3n) is 5.78. The molecule has 0 aromatic carbocycles. The second-order valence-corrected chi connectivity index (χ2v) is 7.41. The third kappa shape index (κ3) is 2.87. The Labute approximate surface area is 163 Å². The van der Waals surface area contributed by atoms with E-state index in [-0.39, 0.29) is 23.2 Å². The normalized spacial score (nSPS) is 20.4. The fraction of sp³-hybridized carbons (Fsp3) is 0.474. The average Bonchev–Trinajstić information content (AvgIpc) is 3.39. The van der Waals surface area contributed by atoms with Gasteiger partial charge in [-0.25, -0.2) is 9.78 Å². The molecule has 2 aromatic heterocycles. The standard InChI is InChI=1S/C19H25N7O2/c1-3-22-18(28)25-6-4-19(11-25)5-7-26-15(19)9-14(24-26)12-8-13(17(27)21-2)16(20)23-10-12/h8-10H,3-7,11H2,1-2H3,(H2,20,23)(H,21,27)(H,22,28)/t19-/m1/s1. The Kier molecular flexibility index (Phi) is 4.44. The fourth-order valence-corrected chi connectivity index (χ4v) is 4.26. The predicted molar refractivity (Wildman–Crippen MR) is 105 cm³/mol. The summed E-state index contributed by atoms with van der Waals surface area (Å²) in [6.45, 7) is 4.82. The predicted octanol–water partition coefficient (Wildman–Crippen LogP) is 0.964. The highest BCUT2D eigenvalue weighted by Crippen LogP contribution is 2.43. The number of nitrogens with two attached hydrogens (primary N) is 1. The van der Waals surface area contributed by atoms with E-state index in [0.29, 0.717) is 18.7 Å². The summed E-state index contributed by atoms with van der Waals surface area (Å²) in [4.78, 5) is 30.3. The number of hydrogen-bond acceptors (Lipinski definition) is 5. The number of aryl methyl sites for hydroxylation is 1. The maximum atomic E-state index is 12.2. The molecule has 1 fully saturated rings. The molecule has 9 heteroatoms. The number of urea groups is 1. The molecular formula is C19H25N7O2. The minimum atomic E-state index is -0.275. The van der Waals surface area contributed by atoms with Gasteiger partial charge in [-0.1, -0.05) is 0 Å². The van der Waals surface area contributed by atoms with Crippen LogP contribution in [0.25, 0.3) is 11.3 Å². The van der Waals surface area contributed by atoms with Crippen LogP contribution in [0.5, 0.6) is 0 Å². The number of nitrogens with zero attached hydrogens (tertiary/aromatic N) is 4. The third-order valence-corrected chi connectivity index (χ3v) is 5.78. The van der Waals surface area contributed by atoms with Gasteiger partial charge >= 0.3 is 6.03 Å². The van der Waals surface area contributed by atoms with Crippen LogP contribution in [0.15, 0.2) is 18.3 Å². The van der Waals surface area contributed by atoms with Gasteiger partial charge in [-0.05, 0) is 31.9 Å². The molecule has 0 aliphatic carbocycles. The van der Waals surface area contributed by atoms with E-state index in [1.165, 1.54) is 0 Å². The summed E-state index contributed by atoms with van der Waals surface area (Å²) in [5, 5.41) is 10.2. The summed E-state index contributed by atoms with van der Waals surface area (Å²) in [5.74, 6) is -0.0804. The van der Waals surface area contributed by atoms with E-state index in [2.05, 4.69) is 21.7 Å². The van der Waals surface area contributed by atoms with Crippen LogP contribution in [0, 0.1) is 0 Å². The van der Waals surface area contributed by atoms with Crippen molar-refractivity contribution in [1.82, 2.24) is 30.3 Å². The highest BCUT2D eigenvalue weighted by atomic mass is 16.2. The first-order valence-corrected chi connectivity index (χ1v) is 9.56. The van der Waals surface area contributed by atoms with Gasteiger partial charge in [0, 0.05) is 56.1 Å². The zero-order valence-corrected chi connectivity index (χ0v) is 16.2. The van der Waals surface area contributed by atoms with Crippen LogP contribution >= 0.6 is 0 Å². The molecule has 0 radical (unpaired) electrons.